The first-order chi connectivity index (χ1) is 15.5. The molecule has 0 atom stereocenters. The Bertz CT molecular complexity index is 1200. The normalized spacial score (nSPS) is 14.9. The second-order valence-electron chi connectivity index (χ2n) is 6.91. The highest BCUT2D eigenvalue weighted by molar-refractivity contribution is 8.18. The number of aliphatic carboxylic acids is 1. The van der Waals surface area contributed by atoms with Crippen LogP contribution >= 0.6 is 11.8 Å². The minimum atomic E-state index is -1.06. The molecular weight excluding hydrogens is 430 g/mol. The number of imide groups is 1. The van der Waals surface area contributed by atoms with Gasteiger partial charge in [0.25, 0.3) is 11.1 Å². The predicted octanol–water partition coefficient (Wildman–Crippen LogP) is 4.42. The predicted molar refractivity (Wildman–Crippen MR) is 122 cm³/mol. The molecule has 1 heterocycles. The first-order valence-electron chi connectivity index (χ1n) is 9.82. The molecule has 1 aliphatic heterocycles. The van der Waals surface area contributed by atoms with Crippen LogP contribution < -0.4 is 9.47 Å². The quantitative estimate of drug-likeness (QED) is 0.509. The maximum Gasteiger partial charge on any atom is 0.341 e. The number of carboxylic acids is 1. The lowest BCUT2D eigenvalue weighted by Crippen LogP contribution is -2.32. The van der Waals surface area contributed by atoms with Gasteiger partial charge in [0.2, 0.25) is 0 Å². The molecular formula is C24H19NO6S. The summed E-state index contributed by atoms with van der Waals surface area (Å²) in [5, 5.41) is 10.3. The molecule has 4 rings (SSSR count). The van der Waals surface area contributed by atoms with Gasteiger partial charge in [0.05, 0.1) is 11.4 Å². The van der Waals surface area contributed by atoms with Crippen LogP contribution in [0.2, 0.25) is 0 Å². The molecule has 0 saturated carbocycles. The Morgan fingerprint density at radius 2 is 1.72 bits per heavy atom. The van der Waals surface area contributed by atoms with Crippen LogP contribution in [0.25, 0.3) is 16.8 Å². The third-order valence-electron chi connectivity index (χ3n) is 4.74. The van der Waals surface area contributed by atoms with Crippen molar-refractivity contribution in [3.05, 3.63) is 77.2 Å². The Morgan fingerprint density at radius 3 is 2.50 bits per heavy atom. The second kappa shape index (κ2) is 9.57. The summed E-state index contributed by atoms with van der Waals surface area (Å²) in [4.78, 5) is 37.1. The van der Waals surface area contributed by atoms with Crippen molar-refractivity contribution in [1.82, 2.24) is 4.90 Å². The Balaban J connectivity index is 1.37. The zero-order valence-electron chi connectivity index (χ0n) is 16.9. The van der Waals surface area contributed by atoms with E-state index in [4.69, 9.17) is 14.6 Å². The number of ether oxygens (including phenoxy) is 2. The number of thioether (sulfide) groups is 1. The summed E-state index contributed by atoms with van der Waals surface area (Å²) in [6, 6.07) is 20.2. The maximum absolute atomic E-state index is 12.7. The molecule has 8 heteroatoms. The number of amides is 2. The van der Waals surface area contributed by atoms with Crippen LogP contribution in [-0.2, 0) is 9.59 Å². The first-order valence-corrected chi connectivity index (χ1v) is 10.6. The van der Waals surface area contributed by atoms with Crippen molar-refractivity contribution >= 4 is 45.7 Å². The van der Waals surface area contributed by atoms with E-state index in [9.17, 15) is 14.4 Å². The lowest BCUT2D eigenvalue weighted by Gasteiger charge is -2.14. The van der Waals surface area contributed by atoms with Gasteiger partial charge in [-0.2, -0.15) is 0 Å². The van der Waals surface area contributed by atoms with Gasteiger partial charge >= 0.3 is 5.97 Å². The number of carbonyl (C=O) groups is 3. The third-order valence-corrected chi connectivity index (χ3v) is 5.64. The molecule has 162 valence electrons. The second-order valence-corrected chi connectivity index (χ2v) is 7.90. The van der Waals surface area contributed by atoms with Gasteiger partial charge < -0.3 is 14.6 Å². The van der Waals surface area contributed by atoms with E-state index in [1.165, 1.54) is 4.90 Å². The number of carbonyl (C=O) groups excluding carboxylic acids is 2. The lowest BCUT2D eigenvalue weighted by atomic mass is 10.1. The summed E-state index contributed by atoms with van der Waals surface area (Å²) in [5.41, 5.74) is 0.699. The minimum absolute atomic E-state index is 0.146. The summed E-state index contributed by atoms with van der Waals surface area (Å²) in [7, 11) is 0. The highest BCUT2D eigenvalue weighted by Crippen LogP contribution is 2.32. The van der Waals surface area contributed by atoms with E-state index in [1.54, 1.807) is 30.3 Å². The van der Waals surface area contributed by atoms with E-state index < -0.39 is 12.6 Å². The number of rotatable bonds is 8. The standard InChI is InChI=1S/C24H19NO6S/c26-22(27)15-31-18-10-8-16(9-11-18)14-21-23(28)25(24(29)32-21)12-13-30-20-7-3-5-17-4-1-2-6-19(17)20/h1-11,14H,12-13,15H2,(H,26,27)/b21-14-. The fourth-order valence-corrected chi connectivity index (χ4v) is 4.08. The van der Waals surface area contributed by atoms with E-state index in [0.29, 0.717) is 22.0 Å². The molecule has 1 fully saturated rings. The Morgan fingerprint density at radius 1 is 0.969 bits per heavy atom. The van der Waals surface area contributed by atoms with Crippen molar-refractivity contribution in [2.24, 2.45) is 0 Å². The molecule has 3 aromatic rings. The van der Waals surface area contributed by atoms with E-state index in [-0.39, 0.29) is 24.3 Å². The Labute approximate surface area is 188 Å². The van der Waals surface area contributed by atoms with Crippen molar-refractivity contribution in [3.63, 3.8) is 0 Å². The van der Waals surface area contributed by atoms with Gasteiger partial charge in [-0.15, -0.1) is 0 Å². The van der Waals surface area contributed by atoms with Crippen molar-refractivity contribution in [1.29, 1.82) is 0 Å². The van der Waals surface area contributed by atoms with Crippen LogP contribution in [0.1, 0.15) is 5.56 Å². The molecule has 0 aliphatic carbocycles. The summed E-state index contributed by atoms with van der Waals surface area (Å²) in [6.45, 7) is -0.0960. The van der Waals surface area contributed by atoms with Crippen LogP contribution in [0, 0.1) is 0 Å². The molecule has 7 nitrogen and oxygen atoms in total. The minimum Gasteiger partial charge on any atom is -0.491 e. The largest absolute Gasteiger partial charge is 0.491 e. The van der Waals surface area contributed by atoms with E-state index in [0.717, 1.165) is 22.5 Å². The van der Waals surface area contributed by atoms with Crippen molar-refractivity contribution in [2.75, 3.05) is 19.8 Å². The maximum atomic E-state index is 12.7. The van der Waals surface area contributed by atoms with Crippen molar-refractivity contribution in [2.45, 2.75) is 0 Å². The fraction of sp³-hybridized carbons (Fsp3) is 0.125. The topological polar surface area (TPSA) is 93.1 Å². The zero-order chi connectivity index (χ0) is 22.5. The van der Waals surface area contributed by atoms with Gasteiger partial charge in [0.1, 0.15) is 18.1 Å². The van der Waals surface area contributed by atoms with Crippen LogP contribution in [0.5, 0.6) is 11.5 Å². The van der Waals surface area contributed by atoms with Gasteiger partial charge in [-0.05, 0) is 47.0 Å². The average Bonchev–Trinajstić information content (AvgIpc) is 3.06. The van der Waals surface area contributed by atoms with Gasteiger partial charge in [-0.3, -0.25) is 14.5 Å². The van der Waals surface area contributed by atoms with Gasteiger partial charge in [0, 0.05) is 5.39 Å². The summed E-state index contributed by atoms with van der Waals surface area (Å²) >= 11 is 0.878. The van der Waals surface area contributed by atoms with Gasteiger partial charge in [-0.1, -0.05) is 48.5 Å². The van der Waals surface area contributed by atoms with Crippen LogP contribution in [0.15, 0.2) is 71.6 Å². The smallest absolute Gasteiger partial charge is 0.341 e. The lowest BCUT2D eigenvalue weighted by molar-refractivity contribution is -0.139. The number of hydrogen-bond acceptors (Lipinski definition) is 6. The molecule has 1 aliphatic rings. The van der Waals surface area contributed by atoms with Gasteiger partial charge in [-0.25, -0.2) is 4.79 Å². The third kappa shape index (κ3) is 4.92. The fourth-order valence-electron chi connectivity index (χ4n) is 3.22. The molecule has 2 amide bonds. The number of nitrogens with zero attached hydrogens (tertiary/aromatic N) is 1. The van der Waals surface area contributed by atoms with Crippen LogP contribution in [-0.4, -0.2) is 46.9 Å². The first kappa shape index (κ1) is 21.5. The SMILES string of the molecule is O=C(O)COc1ccc(/C=C2\SC(=O)N(CCOc3cccc4ccccc34)C2=O)cc1. The van der Waals surface area contributed by atoms with Gasteiger partial charge in [0.15, 0.2) is 6.61 Å². The highest BCUT2D eigenvalue weighted by Gasteiger charge is 2.34. The average molecular weight is 449 g/mol. The monoisotopic (exact) mass is 449 g/mol. The molecule has 0 spiro atoms. The van der Waals surface area contributed by atoms with Crippen molar-refractivity contribution < 1.29 is 29.0 Å². The summed E-state index contributed by atoms with van der Waals surface area (Å²) in [5.74, 6) is -0.320. The molecule has 0 bridgehead atoms. The summed E-state index contributed by atoms with van der Waals surface area (Å²) < 4.78 is 10.9. The highest BCUT2D eigenvalue weighted by atomic mass is 32.2. The van der Waals surface area contributed by atoms with Crippen LogP contribution in [0.4, 0.5) is 4.79 Å². The van der Waals surface area contributed by atoms with Crippen molar-refractivity contribution in [3.8, 4) is 11.5 Å². The number of hydrogen-bond donors (Lipinski definition) is 1. The Kier molecular flexibility index (Phi) is 6.42. The molecule has 1 N–H and O–H groups in total. The molecule has 0 aromatic heterocycles. The Hall–Kier alpha value is -3.78. The van der Waals surface area contributed by atoms with E-state index >= 15 is 0 Å². The molecule has 3 aromatic carbocycles. The van der Waals surface area contributed by atoms with E-state index in [1.807, 2.05) is 42.5 Å². The van der Waals surface area contributed by atoms with E-state index in [2.05, 4.69) is 0 Å². The zero-order valence-corrected chi connectivity index (χ0v) is 17.7. The molecule has 32 heavy (non-hydrogen) atoms. The summed E-state index contributed by atoms with van der Waals surface area (Å²) in [6.07, 6.45) is 1.62. The molecule has 0 unspecified atom stereocenters. The molecule has 1 saturated heterocycles. The van der Waals surface area contributed by atoms with Crippen LogP contribution in [0.3, 0.4) is 0 Å². The molecule has 0 radical (unpaired) electrons. The number of fused-ring (bicyclic) bond motifs is 1. The number of benzene rings is 3. The number of carboxylic acid groups (broad SMARTS) is 1.